The molecule has 96 valence electrons. The van der Waals surface area contributed by atoms with E-state index in [0.717, 1.165) is 5.56 Å². The number of carbonyl (C=O) groups excluding carboxylic acids is 1. The number of rotatable bonds is 5. The SMILES string of the molecule is O=C(OCC/C=C/c1ccccc1)c1ccccc1. The molecule has 0 atom stereocenters. The van der Waals surface area contributed by atoms with Crippen molar-refractivity contribution in [2.24, 2.45) is 0 Å². The molecule has 0 aliphatic carbocycles. The van der Waals surface area contributed by atoms with Crippen molar-refractivity contribution in [1.29, 1.82) is 0 Å². The Bertz CT molecular complexity index is 530. The Kier molecular flexibility index (Phi) is 4.94. The van der Waals surface area contributed by atoms with Crippen molar-refractivity contribution in [3.05, 3.63) is 77.9 Å². The van der Waals surface area contributed by atoms with E-state index in [1.165, 1.54) is 0 Å². The topological polar surface area (TPSA) is 26.3 Å². The zero-order valence-electron chi connectivity index (χ0n) is 10.7. The molecule has 2 aromatic carbocycles. The summed E-state index contributed by atoms with van der Waals surface area (Å²) in [6.07, 6.45) is 4.75. The third-order valence-corrected chi connectivity index (χ3v) is 2.64. The molecule has 0 aliphatic rings. The Labute approximate surface area is 113 Å². The van der Waals surface area contributed by atoms with Gasteiger partial charge in [-0.1, -0.05) is 60.7 Å². The maximum Gasteiger partial charge on any atom is 0.338 e. The molecule has 0 saturated heterocycles. The van der Waals surface area contributed by atoms with E-state index in [1.807, 2.05) is 60.7 Å². The van der Waals surface area contributed by atoms with Crippen LogP contribution in [-0.2, 0) is 4.74 Å². The number of hydrogen-bond acceptors (Lipinski definition) is 2. The van der Waals surface area contributed by atoms with Crippen LogP contribution in [0.3, 0.4) is 0 Å². The van der Waals surface area contributed by atoms with Crippen LogP contribution in [-0.4, -0.2) is 12.6 Å². The molecule has 0 amide bonds. The number of carbonyl (C=O) groups is 1. The van der Waals surface area contributed by atoms with Crippen molar-refractivity contribution in [3.63, 3.8) is 0 Å². The summed E-state index contributed by atoms with van der Waals surface area (Å²) in [4.78, 5) is 11.6. The third kappa shape index (κ3) is 4.43. The van der Waals surface area contributed by atoms with Crippen molar-refractivity contribution >= 4 is 12.0 Å². The van der Waals surface area contributed by atoms with Gasteiger partial charge in [0, 0.05) is 0 Å². The highest BCUT2D eigenvalue weighted by Gasteiger charge is 2.03. The van der Waals surface area contributed by atoms with Gasteiger partial charge in [0.15, 0.2) is 0 Å². The minimum Gasteiger partial charge on any atom is -0.462 e. The second-order valence-electron chi connectivity index (χ2n) is 4.10. The first-order valence-corrected chi connectivity index (χ1v) is 6.30. The van der Waals surface area contributed by atoms with Gasteiger partial charge in [0.25, 0.3) is 0 Å². The van der Waals surface area contributed by atoms with Crippen molar-refractivity contribution in [2.75, 3.05) is 6.61 Å². The molecule has 2 nitrogen and oxygen atoms in total. The Balaban J connectivity index is 1.73. The first kappa shape index (κ1) is 13.1. The van der Waals surface area contributed by atoms with Crippen molar-refractivity contribution < 1.29 is 9.53 Å². The molecule has 19 heavy (non-hydrogen) atoms. The van der Waals surface area contributed by atoms with E-state index >= 15 is 0 Å². The van der Waals surface area contributed by atoms with Crippen LogP contribution in [0.15, 0.2) is 66.7 Å². The zero-order valence-corrected chi connectivity index (χ0v) is 10.7. The van der Waals surface area contributed by atoms with Crippen LogP contribution in [0.5, 0.6) is 0 Å². The Morgan fingerprint density at radius 1 is 0.947 bits per heavy atom. The molecule has 0 fully saturated rings. The van der Waals surface area contributed by atoms with Gasteiger partial charge in [0.1, 0.15) is 0 Å². The average molecular weight is 252 g/mol. The minimum absolute atomic E-state index is 0.270. The van der Waals surface area contributed by atoms with Gasteiger partial charge in [-0.25, -0.2) is 4.79 Å². The lowest BCUT2D eigenvalue weighted by atomic mass is 10.2. The number of ether oxygens (including phenoxy) is 1. The van der Waals surface area contributed by atoms with E-state index < -0.39 is 0 Å². The highest BCUT2D eigenvalue weighted by molar-refractivity contribution is 5.89. The van der Waals surface area contributed by atoms with Crippen LogP contribution in [0.2, 0.25) is 0 Å². The molecule has 0 radical (unpaired) electrons. The van der Waals surface area contributed by atoms with Crippen molar-refractivity contribution in [1.82, 2.24) is 0 Å². The van der Waals surface area contributed by atoms with Crippen LogP contribution in [0, 0.1) is 0 Å². The van der Waals surface area contributed by atoms with Gasteiger partial charge < -0.3 is 4.74 Å². The molecule has 0 bridgehead atoms. The van der Waals surface area contributed by atoms with Gasteiger partial charge in [0.05, 0.1) is 12.2 Å². The van der Waals surface area contributed by atoms with Crippen LogP contribution in [0.1, 0.15) is 22.3 Å². The monoisotopic (exact) mass is 252 g/mol. The molecule has 2 aromatic rings. The molecule has 0 heterocycles. The smallest absolute Gasteiger partial charge is 0.338 e. The Hall–Kier alpha value is -2.35. The van der Waals surface area contributed by atoms with Gasteiger partial charge in [0.2, 0.25) is 0 Å². The van der Waals surface area contributed by atoms with E-state index in [2.05, 4.69) is 0 Å². The average Bonchev–Trinajstić information content (AvgIpc) is 2.49. The predicted molar refractivity (Wildman–Crippen MR) is 76.8 cm³/mol. The molecule has 0 N–H and O–H groups in total. The fourth-order valence-corrected chi connectivity index (χ4v) is 1.66. The third-order valence-electron chi connectivity index (χ3n) is 2.64. The maximum absolute atomic E-state index is 11.6. The summed E-state index contributed by atoms with van der Waals surface area (Å²) in [6, 6.07) is 19.1. The second kappa shape index (κ2) is 7.17. The summed E-state index contributed by atoms with van der Waals surface area (Å²) < 4.78 is 5.18. The van der Waals surface area contributed by atoms with Gasteiger partial charge in [-0.3, -0.25) is 0 Å². The molecular formula is C17H16O2. The van der Waals surface area contributed by atoms with E-state index in [-0.39, 0.29) is 5.97 Å². The summed E-state index contributed by atoms with van der Waals surface area (Å²) in [7, 11) is 0. The van der Waals surface area contributed by atoms with E-state index in [1.54, 1.807) is 12.1 Å². The molecule has 0 saturated carbocycles. The lowest BCUT2D eigenvalue weighted by molar-refractivity contribution is 0.0512. The summed E-state index contributed by atoms with van der Waals surface area (Å²) in [6.45, 7) is 0.400. The number of esters is 1. The first-order chi connectivity index (χ1) is 9.36. The number of hydrogen-bond donors (Lipinski definition) is 0. The summed E-state index contributed by atoms with van der Waals surface area (Å²) in [5.74, 6) is -0.270. The lowest BCUT2D eigenvalue weighted by Gasteiger charge is -2.02. The fourth-order valence-electron chi connectivity index (χ4n) is 1.66. The summed E-state index contributed by atoms with van der Waals surface area (Å²) in [5, 5.41) is 0. The van der Waals surface area contributed by atoms with Crippen LogP contribution >= 0.6 is 0 Å². The predicted octanol–water partition coefficient (Wildman–Crippen LogP) is 3.95. The van der Waals surface area contributed by atoms with Gasteiger partial charge in [-0.05, 0) is 24.1 Å². The highest BCUT2D eigenvalue weighted by atomic mass is 16.5. The Morgan fingerprint density at radius 2 is 1.58 bits per heavy atom. The lowest BCUT2D eigenvalue weighted by Crippen LogP contribution is -2.05. The maximum atomic E-state index is 11.6. The van der Waals surface area contributed by atoms with E-state index in [0.29, 0.717) is 18.6 Å². The van der Waals surface area contributed by atoms with Gasteiger partial charge in [-0.2, -0.15) is 0 Å². The largest absolute Gasteiger partial charge is 0.462 e. The normalized spacial score (nSPS) is 10.5. The second-order valence-corrected chi connectivity index (χ2v) is 4.10. The summed E-state index contributed by atoms with van der Waals surface area (Å²) in [5.41, 5.74) is 1.74. The van der Waals surface area contributed by atoms with Gasteiger partial charge in [-0.15, -0.1) is 0 Å². The van der Waals surface area contributed by atoms with Crippen LogP contribution < -0.4 is 0 Å². The molecule has 0 spiro atoms. The minimum atomic E-state index is -0.270. The Morgan fingerprint density at radius 3 is 2.26 bits per heavy atom. The number of benzene rings is 2. The molecule has 0 aromatic heterocycles. The van der Waals surface area contributed by atoms with Crippen LogP contribution in [0.4, 0.5) is 0 Å². The molecule has 0 unspecified atom stereocenters. The fraction of sp³-hybridized carbons (Fsp3) is 0.118. The van der Waals surface area contributed by atoms with Crippen molar-refractivity contribution in [3.8, 4) is 0 Å². The molecule has 0 aliphatic heterocycles. The van der Waals surface area contributed by atoms with Gasteiger partial charge >= 0.3 is 5.97 Å². The zero-order chi connectivity index (χ0) is 13.3. The quantitative estimate of drug-likeness (QED) is 0.595. The molecule has 2 rings (SSSR count). The molecule has 2 heteroatoms. The first-order valence-electron chi connectivity index (χ1n) is 6.30. The van der Waals surface area contributed by atoms with Crippen LogP contribution in [0.25, 0.3) is 6.08 Å². The standard InChI is InChI=1S/C17H16O2/c18-17(16-12-5-2-6-13-16)19-14-8-7-11-15-9-3-1-4-10-15/h1-7,9-13H,8,14H2/b11-7+. The van der Waals surface area contributed by atoms with E-state index in [4.69, 9.17) is 4.74 Å². The van der Waals surface area contributed by atoms with Crippen molar-refractivity contribution in [2.45, 2.75) is 6.42 Å². The highest BCUT2D eigenvalue weighted by Crippen LogP contribution is 2.04. The molecular weight excluding hydrogens is 236 g/mol. The summed E-state index contributed by atoms with van der Waals surface area (Å²) >= 11 is 0. The van der Waals surface area contributed by atoms with E-state index in [9.17, 15) is 4.79 Å².